The maximum absolute atomic E-state index is 13.1. The molecule has 3 aromatic rings. The van der Waals surface area contributed by atoms with Crippen molar-refractivity contribution in [2.75, 3.05) is 18.0 Å². The Labute approximate surface area is 214 Å². The van der Waals surface area contributed by atoms with Gasteiger partial charge in [-0.2, -0.15) is 23.4 Å². The minimum Gasteiger partial charge on any atom is -0.349 e. The van der Waals surface area contributed by atoms with Crippen LogP contribution in [0.4, 0.5) is 19.0 Å². The Kier molecular flexibility index (Phi) is 7.55. The molecule has 0 spiro atoms. The molecule has 1 saturated heterocycles. The minimum atomic E-state index is -4.37. The van der Waals surface area contributed by atoms with E-state index in [2.05, 4.69) is 39.7 Å². The Morgan fingerprint density at radius 2 is 1.70 bits per heavy atom. The molecular formula is C27H31F3N6O. The monoisotopic (exact) mass is 512 g/mol. The zero-order valence-electron chi connectivity index (χ0n) is 21.5. The van der Waals surface area contributed by atoms with Crippen molar-refractivity contribution in [3.8, 4) is 6.07 Å². The molecule has 196 valence electrons. The summed E-state index contributed by atoms with van der Waals surface area (Å²) in [5.74, 6) is 0.475. The van der Waals surface area contributed by atoms with Gasteiger partial charge in [0.25, 0.3) is 0 Å². The Bertz CT molecular complexity index is 1360. The van der Waals surface area contributed by atoms with Crippen LogP contribution in [0, 0.1) is 11.3 Å². The minimum absolute atomic E-state index is 0.00152. The topological polar surface area (TPSA) is 78.0 Å². The number of anilines is 1. The predicted molar refractivity (Wildman–Crippen MR) is 136 cm³/mol. The molecule has 4 rings (SSSR count). The largest absolute Gasteiger partial charge is 0.416 e. The van der Waals surface area contributed by atoms with E-state index in [0.717, 1.165) is 37.0 Å². The van der Waals surface area contributed by atoms with Crippen LogP contribution in [-0.2, 0) is 13.2 Å². The van der Waals surface area contributed by atoms with Crippen molar-refractivity contribution in [3.63, 3.8) is 0 Å². The third-order valence-corrected chi connectivity index (χ3v) is 7.41. The first-order valence-electron chi connectivity index (χ1n) is 12.6. The van der Waals surface area contributed by atoms with Crippen molar-refractivity contribution in [1.29, 1.82) is 5.26 Å². The quantitative estimate of drug-likeness (QED) is 0.460. The third kappa shape index (κ3) is 5.05. The molecule has 0 amide bonds. The number of hydrogen-bond acceptors (Lipinski definition) is 6. The second-order valence-corrected chi connectivity index (χ2v) is 9.47. The normalized spacial score (nSPS) is 19.7. The number of nitriles is 1. The molecule has 1 aliphatic rings. The van der Waals surface area contributed by atoms with Crippen molar-refractivity contribution in [2.24, 2.45) is 7.05 Å². The number of alkyl halides is 3. The van der Waals surface area contributed by atoms with Crippen LogP contribution < -0.4 is 10.6 Å². The highest BCUT2D eigenvalue weighted by Gasteiger charge is 2.38. The van der Waals surface area contributed by atoms with E-state index in [1.165, 1.54) is 4.57 Å². The lowest BCUT2D eigenvalue weighted by atomic mass is 9.94. The lowest BCUT2D eigenvalue weighted by Crippen LogP contribution is -2.59. The zero-order chi connectivity index (χ0) is 26.9. The molecule has 0 radical (unpaired) electrons. The van der Waals surface area contributed by atoms with E-state index >= 15 is 0 Å². The van der Waals surface area contributed by atoms with E-state index < -0.39 is 17.4 Å². The number of aromatic nitrogens is 3. The Hall–Kier alpha value is -3.45. The Morgan fingerprint density at radius 3 is 2.27 bits per heavy atom. The maximum atomic E-state index is 13.1. The van der Waals surface area contributed by atoms with Crippen molar-refractivity contribution in [2.45, 2.75) is 64.3 Å². The molecule has 1 aliphatic heterocycles. The first kappa shape index (κ1) is 26.6. The summed E-state index contributed by atoms with van der Waals surface area (Å²) in [6.07, 6.45) is -2.04. The van der Waals surface area contributed by atoms with Gasteiger partial charge >= 0.3 is 11.9 Å². The number of aryl methyl sites for hydroxylation is 1. The van der Waals surface area contributed by atoms with Crippen molar-refractivity contribution >= 4 is 16.9 Å². The maximum Gasteiger partial charge on any atom is 0.416 e. The molecule has 1 aromatic carbocycles. The molecule has 10 heteroatoms. The molecular weight excluding hydrogens is 481 g/mol. The summed E-state index contributed by atoms with van der Waals surface area (Å²) in [6, 6.07) is 10.9. The van der Waals surface area contributed by atoms with E-state index in [-0.39, 0.29) is 23.8 Å². The van der Waals surface area contributed by atoms with Crippen molar-refractivity contribution < 1.29 is 13.2 Å². The SMILES string of the molecule is CC[C@H]1CN([C@@H](CC)c2ccc(C(F)(F)F)cc2)[C@H](CC)CN1c1nc(=O)n(C)c2ccc(C#N)nc12. The molecule has 0 N–H and O–H groups in total. The second kappa shape index (κ2) is 10.5. The van der Waals surface area contributed by atoms with E-state index in [1.54, 1.807) is 31.3 Å². The summed E-state index contributed by atoms with van der Waals surface area (Å²) in [7, 11) is 1.63. The van der Waals surface area contributed by atoms with E-state index in [0.29, 0.717) is 29.9 Å². The van der Waals surface area contributed by atoms with Gasteiger partial charge in [-0.05, 0) is 49.1 Å². The van der Waals surface area contributed by atoms with Crippen LogP contribution in [0.2, 0.25) is 0 Å². The van der Waals surface area contributed by atoms with Gasteiger partial charge < -0.3 is 4.90 Å². The average Bonchev–Trinajstić information content (AvgIpc) is 2.90. The van der Waals surface area contributed by atoms with Crippen LogP contribution in [0.15, 0.2) is 41.2 Å². The summed E-state index contributed by atoms with van der Waals surface area (Å²) >= 11 is 0. The Morgan fingerprint density at radius 1 is 1.03 bits per heavy atom. The lowest BCUT2D eigenvalue weighted by Gasteiger charge is -2.49. The lowest BCUT2D eigenvalue weighted by molar-refractivity contribution is -0.137. The molecule has 0 unspecified atom stereocenters. The van der Waals surface area contributed by atoms with Crippen LogP contribution >= 0.6 is 0 Å². The number of fused-ring (bicyclic) bond motifs is 1. The first-order chi connectivity index (χ1) is 17.6. The van der Waals surface area contributed by atoms with Gasteiger partial charge in [-0.15, -0.1) is 0 Å². The highest BCUT2D eigenvalue weighted by molar-refractivity contribution is 5.86. The smallest absolute Gasteiger partial charge is 0.349 e. The van der Waals surface area contributed by atoms with Crippen LogP contribution in [-0.4, -0.2) is 44.6 Å². The van der Waals surface area contributed by atoms with Gasteiger partial charge in [-0.3, -0.25) is 9.47 Å². The fourth-order valence-electron chi connectivity index (χ4n) is 5.35. The van der Waals surface area contributed by atoms with Crippen LogP contribution in [0.25, 0.3) is 11.0 Å². The number of pyridine rings is 1. The average molecular weight is 513 g/mol. The molecule has 0 bridgehead atoms. The third-order valence-electron chi connectivity index (χ3n) is 7.41. The van der Waals surface area contributed by atoms with Gasteiger partial charge in [0.2, 0.25) is 0 Å². The number of hydrogen-bond donors (Lipinski definition) is 0. The van der Waals surface area contributed by atoms with Crippen LogP contribution in [0.1, 0.15) is 62.9 Å². The number of nitrogens with zero attached hydrogens (tertiary/aromatic N) is 6. The van der Waals surface area contributed by atoms with Gasteiger partial charge in [0.1, 0.15) is 17.3 Å². The van der Waals surface area contributed by atoms with E-state index in [1.807, 2.05) is 6.92 Å². The first-order valence-corrected chi connectivity index (χ1v) is 12.6. The standard InChI is InChI=1S/C27H31F3N6O/c1-5-20-16-36(25-24-23(34(4)26(37)33-25)13-12-19(14-31)32-24)21(6-2)15-35(20)22(7-3)17-8-10-18(11-9-17)27(28,29)30/h8-13,20-22H,5-7,15-16H2,1-4H3/t20-,21+,22+/m1/s1. The fourth-order valence-corrected chi connectivity index (χ4v) is 5.35. The molecule has 2 aromatic heterocycles. The fraction of sp³-hybridized carbons (Fsp3) is 0.481. The van der Waals surface area contributed by atoms with Crippen LogP contribution in [0.3, 0.4) is 0 Å². The number of benzene rings is 1. The summed E-state index contributed by atoms with van der Waals surface area (Å²) < 4.78 is 40.8. The summed E-state index contributed by atoms with van der Waals surface area (Å²) in [5.41, 5.74) is 1.18. The summed E-state index contributed by atoms with van der Waals surface area (Å²) in [6.45, 7) is 7.44. The molecule has 7 nitrogen and oxygen atoms in total. The van der Waals surface area contributed by atoms with Gasteiger partial charge in [-0.1, -0.05) is 32.9 Å². The van der Waals surface area contributed by atoms with Gasteiger partial charge in [-0.25, -0.2) is 9.78 Å². The number of rotatable bonds is 6. The van der Waals surface area contributed by atoms with Gasteiger partial charge in [0.15, 0.2) is 5.82 Å². The zero-order valence-corrected chi connectivity index (χ0v) is 21.5. The van der Waals surface area contributed by atoms with Crippen molar-refractivity contribution in [3.05, 3.63) is 63.7 Å². The molecule has 3 atom stereocenters. The number of piperazine rings is 1. The highest BCUT2D eigenvalue weighted by atomic mass is 19.4. The molecule has 1 fully saturated rings. The molecule has 0 aliphatic carbocycles. The van der Waals surface area contributed by atoms with Gasteiger partial charge in [0.05, 0.1) is 11.1 Å². The second-order valence-electron chi connectivity index (χ2n) is 9.47. The highest BCUT2D eigenvalue weighted by Crippen LogP contribution is 2.36. The van der Waals surface area contributed by atoms with Crippen molar-refractivity contribution in [1.82, 2.24) is 19.4 Å². The van der Waals surface area contributed by atoms with Crippen LogP contribution in [0.5, 0.6) is 0 Å². The molecule has 3 heterocycles. The summed E-state index contributed by atoms with van der Waals surface area (Å²) in [5, 5.41) is 9.41. The van der Waals surface area contributed by atoms with E-state index in [9.17, 15) is 23.2 Å². The number of halogens is 3. The molecule has 0 saturated carbocycles. The molecule has 37 heavy (non-hydrogen) atoms. The Balaban J connectivity index is 1.73. The van der Waals surface area contributed by atoms with Gasteiger partial charge in [0, 0.05) is 38.3 Å². The van der Waals surface area contributed by atoms with E-state index in [4.69, 9.17) is 0 Å². The summed E-state index contributed by atoms with van der Waals surface area (Å²) in [4.78, 5) is 26.1. The predicted octanol–water partition coefficient (Wildman–Crippen LogP) is 5.05.